The van der Waals surface area contributed by atoms with Crippen molar-refractivity contribution in [2.24, 2.45) is 5.73 Å². The van der Waals surface area contributed by atoms with Crippen LogP contribution in [0.25, 0.3) is 0 Å². The number of methoxy groups -OCH3 is 1. The van der Waals surface area contributed by atoms with Gasteiger partial charge in [0.1, 0.15) is 5.75 Å². The molecule has 0 aliphatic rings. The van der Waals surface area contributed by atoms with E-state index < -0.39 is 0 Å². The molecule has 0 aliphatic heterocycles. The van der Waals surface area contributed by atoms with Crippen LogP contribution in [0, 0.1) is 0 Å². The van der Waals surface area contributed by atoms with Crippen LogP contribution in [0.1, 0.15) is 17.2 Å². The summed E-state index contributed by atoms with van der Waals surface area (Å²) in [5.41, 5.74) is 8.13. The molecular formula is C14H14ClNO. The van der Waals surface area contributed by atoms with Gasteiger partial charge in [0.15, 0.2) is 0 Å². The van der Waals surface area contributed by atoms with Gasteiger partial charge in [0.05, 0.1) is 13.2 Å². The molecular weight excluding hydrogens is 234 g/mol. The van der Waals surface area contributed by atoms with Crippen LogP contribution in [0.3, 0.4) is 0 Å². The van der Waals surface area contributed by atoms with Gasteiger partial charge in [-0.05, 0) is 23.3 Å². The molecule has 17 heavy (non-hydrogen) atoms. The van der Waals surface area contributed by atoms with Gasteiger partial charge in [0.2, 0.25) is 0 Å². The minimum Gasteiger partial charge on any atom is -0.497 e. The van der Waals surface area contributed by atoms with Gasteiger partial charge in [0.25, 0.3) is 0 Å². The average molecular weight is 248 g/mol. The Kier molecular flexibility index (Phi) is 3.67. The van der Waals surface area contributed by atoms with Gasteiger partial charge in [-0.2, -0.15) is 0 Å². The Morgan fingerprint density at radius 3 is 2.41 bits per heavy atom. The van der Waals surface area contributed by atoms with E-state index in [0.717, 1.165) is 16.9 Å². The zero-order valence-corrected chi connectivity index (χ0v) is 10.3. The van der Waals surface area contributed by atoms with Gasteiger partial charge in [-0.3, -0.25) is 0 Å². The Morgan fingerprint density at radius 1 is 1.12 bits per heavy atom. The summed E-state index contributed by atoms with van der Waals surface area (Å²) in [6, 6.07) is 15.2. The average Bonchev–Trinajstić information content (AvgIpc) is 2.39. The summed E-state index contributed by atoms with van der Waals surface area (Å²) < 4.78 is 5.11. The van der Waals surface area contributed by atoms with E-state index >= 15 is 0 Å². The van der Waals surface area contributed by atoms with Crippen LogP contribution in [0.5, 0.6) is 5.75 Å². The number of ether oxygens (including phenoxy) is 1. The first-order valence-electron chi connectivity index (χ1n) is 5.36. The van der Waals surface area contributed by atoms with E-state index in [0.29, 0.717) is 5.02 Å². The topological polar surface area (TPSA) is 35.2 Å². The predicted molar refractivity (Wildman–Crippen MR) is 70.5 cm³/mol. The summed E-state index contributed by atoms with van der Waals surface area (Å²) in [5.74, 6) is 0.735. The van der Waals surface area contributed by atoms with Gasteiger partial charge >= 0.3 is 0 Å². The van der Waals surface area contributed by atoms with Gasteiger partial charge in [-0.1, -0.05) is 48.0 Å². The molecule has 2 aromatic carbocycles. The van der Waals surface area contributed by atoms with Gasteiger partial charge in [-0.25, -0.2) is 0 Å². The molecule has 2 nitrogen and oxygen atoms in total. The highest BCUT2D eigenvalue weighted by molar-refractivity contribution is 6.31. The molecule has 0 spiro atoms. The summed E-state index contributed by atoms with van der Waals surface area (Å²) in [6.45, 7) is 0. The normalized spacial score (nSPS) is 12.2. The maximum Gasteiger partial charge on any atom is 0.120 e. The fourth-order valence-corrected chi connectivity index (χ4v) is 2.02. The molecule has 0 aliphatic carbocycles. The predicted octanol–water partition coefficient (Wildman–Crippen LogP) is 3.40. The van der Waals surface area contributed by atoms with Crippen molar-refractivity contribution in [3.63, 3.8) is 0 Å². The molecule has 0 fully saturated rings. The van der Waals surface area contributed by atoms with Crippen LogP contribution in [0.2, 0.25) is 5.02 Å². The second kappa shape index (κ2) is 5.21. The molecule has 0 saturated carbocycles. The van der Waals surface area contributed by atoms with Crippen molar-refractivity contribution in [3.8, 4) is 5.75 Å². The SMILES string of the molecule is COc1ccc(C(N)c2ccccc2)c(Cl)c1. The summed E-state index contributed by atoms with van der Waals surface area (Å²) in [7, 11) is 1.61. The highest BCUT2D eigenvalue weighted by Crippen LogP contribution is 2.29. The Morgan fingerprint density at radius 2 is 1.82 bits per heavy atom. The highest BCUT2D eigenvalue weighted by Gasteiger charge is 2.12. The summed E-state index contributed by atoms with van der Waals surface area (Å²) in [6.07, 6.45) is 0. The van der Waals surface area contributed by atoms with Crippen LogP contribution < -0.4 is 10.5 Å². The zero-order valence-electron chi connectivity index (χ0n) is 9.56. The molecule has 0 saturated heterocycles. The number of nitrogens with two attached hydrogens (primary N) is 1. The number of hydrogen-bond donors (Lipinski definition) is 1. The fraction of sp³-hybridized carbons (Fsp3) is 0.143. The number of benzene rings is 2. The van der Waals surface area contributed by atoms with Gasteiger partial charge < -0.3 is 10.5 Å². The molecule has 3 heteroatoms. The molecule has 2 rings (SSSR count). The number of halogens is 1. The van der Waals surface area contributed by atoms with Crippen LogP contribution in [-0.4, -0.2) is 7.11 Å². The van der Waals surface area contributed by atoms with E-state index in [-0.39, 0.29) is 6.04 Å². The first-order chi connectivity index (χ1) is 8.22. The Bertz CT molecular complexity index is 499. The van der Waals surface area contributed by atoms with Crippen molar-refractivity contribution in [2.45, 2.75) is 6.04 Å². The van der Waals surface area contributed by atoms with Crippen molar-refractivity contribution < 1.29 is 4.74 Å². The van der Waals surface area contributed by atoms with Gasteiger partial charge in [-0.15, -0.1) is 0 Å². The lowest BCUT2D eigenvalue weighted by atomic mass is 9.99. The first kappa shape index (κ1) is 12.0. The first-order valence-corrected chi connectivity index (χ1v) is 5.74. The van der Waals surface area contributed by atoms with Crippen LogP contribution in [0.4, 0.5) is 0 Å². The molecule has 1 atom stereocenters. The Balaban J connectivity index is 2.34. The van der Waals surface area contributed by atoms with E-state index in [2.05, 4.69) is 0 Å². The Hall–Kier alpha value is -1.51. The standard InChI is InChI=1S/C14H14ClNO/c1-17-11-7-8-12(13(15)9-11)14(16)10-5-3-2-4-6-10/h2-9,14H,16H2,1H3. The third-order valence-electron chi connectivity index (χ3n) is 2.70. The molecule has 88 valence electrons. The van der Waals surface area contributed by atoms with Crippen molar-refractivity contribution >= 4 is 11.6 Å². The van der Waals surface area contributed by atoms with Gasteiger partial charge in [0, 0.05) is 5.02 Å². The molecule has 1 unspecified atom stereocenters. The summed E-state index contributed by atoms with van der Waals surface area (Å²) >= 11 is 6.19. The largest absolute Gasteiger partial charge is 0.497 e. The quantitative estimate of drug-likeness (QED) is 0.902. The smallest absolute Gasteiger partial charge is 0.120 e. The van der Waals surface area contributed by atoms with Crippen LogP contribution in [-0.2, 0) is 0 Å². The number of rotatable bonds is 3. The van der Waals surface area contributed by atoms with Crippen molar-refractivity contribution in [3.05, 3.63) is 64.7 Å². The lowest BCUT2D eigenvalue weighted by Gasteiger charge is -2.14. The van der Waals surface area contributed by atoms with E-state index in [4.69, 9.17) is 22.1 Å². The molecule has 0 heterocycles. The monoisotopic (exact) mass is 247 g/mol. The van der Waals surface area contributed by atoms with E-state index in [9.17, 15) is 0 Å². The van der Waals surface area contributed by atoms with E-state index in [1.54, 1.807) is 13.2 Å². The van der Waals surface area contributed by atoms with E-state index in [1.807, 2.05) is 42.5 Å². The third-order valence-corrected chi connectivity index (χ3v) is 3.03. The maximum absolute atomic E-state index is 6.19. The Labute approximate surface area is 106 Å². The van der Waals surface area contributed by atoms with E-state index in [1.165, 1.54) is 0 Å². The zero-order chi connectivity index (χ0) is 12.3. The summed E-state index contributed by atoms with van der Waals surface area (Å²) in [4.78, 5) is 0. The summed E-state index contributed by atoms with van der Waals surface area (Å²) in [5, 5.41) is 0.626. The molecule has 0 aromatic heterocycles. The van der Waals surface area contributed by atoms with Crippen molar-refractivity contribution in [1.29, 1.82) is 0 Å². The van der Waals surface area contributed by atoms with Crippen molar-refractivity contribution in [2.75, 3.05) is 7.11 Å². The lowest BCUT2D eigenvalue weighted by Crippen LogP contribution is -2.12. The highest BCUT2D eigenvalue weighted by atomic mass is 35.5. The minimum atomic E-state index is -0.213. The molecule has 0 bridgehead atoms. The molecule has 0 radical (unpaired) electrons. The second-order valence-electron chi connectivity index (χ2n) is 3.78. The molecule has 2 N–H and O–H groups in total. The minimum absolute atomic E-state index is 0.213. The van der Waals surface area contributed by atoms with Crippen molar-refractivity contribution in [1.82, 2.24) is 0 Å². The molecule has 0 amide bonds. The fourth-order valence-electron chi connectivity index (χ4n) is 1.73. The lowest BCUT2D eigenvalue weighted by molar-refractivity contribution is 0.414. The third kappa shape index (κ3) is 2.60. The van der Waals surface area contributed by atoms with Crippen LogP contribution >= 0.6 is 11.6 Å². The number of hydrogen-bond acceptors (Lipinski definition) is 2. The van der Waals surface area contributed by atoms with Crippen LogP contribution in [0.15, 0.2) is 48.5 Å². The second-order valence-corrected chi connectivity index (χ2v) is 4.18. The maximum atomic E-state index is 6.19. The molecule has 2 aromatic rings.